The molecular weight excluding hydrogens is 1940 g/mol. The maximum absolute atomic E-state index is 13.7. The lowest BCUT2D eigenvalue weighted by molar-refractivity contribution is 0.0942. The van der Waals surface area contributed by atoms with Gasteiger partial charge in [0, 0.05) is 127 Å². The first-order chi connectivity index (χ1) is 71.6. The van der Waals surface area contributed by atoms with Crippen molar-refractivity contribution in [3.63, 3.8) is 0 Å². The molecular formula is C112H102F8N20O6S2. The van der Waals surface area contributed by atoms with Crippen molar-refractivity contribution in [2.24, 2.45) is 0 Å². The Morgan fingerprint density at radius 2 is 0.730 bits per heavy atom. The Morgan fingerprint density at radius 3 is 1.13 bits per heavy atom. The molecule has 14 aromatic heterocycles. The fourth-order valence-corrected chi connectivity index (χ4v) is 19.0. The molecule has 5 N–H and O–H groups in total. The van der Waals surface area contributed by atoms with Gasteiger partial charge in [0.25, 0.3) is 34.0 Å². The Morgan fingerprint density at radius 1 is 0.351 bits per heavy atom. The fraction of sp³-hybridized carbons (Fsp3) is 0.223. The number of nitrogens with one attached hydrogen (secondary N) is 5. The molecule has 0 saturated heterocycles. The zero-order valence-electron chi connectivity index (χ0n) is 81.8. The Kier molecular flexibility index (Phi) is 32.7. The number of carbonyl (C=O) groups excluding carboxylic acids is 4. The predicted molar refractivity (Wildman–Crippen MR) is 552 cm³/mol. The lowest BCUT2D eigenvalue weighted by Gasteiger charge is -2.16. The van der Waals surface area contributed by atoms with E-state index >= 15 is 0 Å². The molecule has 19 aromatic rings. The van der Waals surface area contributed by atoms with Gasteiger partial charge in [0.05, 0.1) is 105 Å². The summed E-state index contributed by atoms with van der Waals surface area (Å²) in [6.45, 7) is 18.2. The quantitative estimate of drug-likeness (QED) is 0.0252. The monoisotopic (exact) mass is 2040 g/mol. The molecule has 0 atom stereocenters. The third-order valence-corrected chi connectivity index (χ3v) is 25.9. The molecule has 5 aromatic carbocycles. The van der Waals surface area contributed by atoms with Gasteiger partial charge in [-0.15, -0.1) is 0 Å². The van der Waals surface area contributed by atoms with Crippen molar-refractivity contribution in [1.29, 1.82) is 0 Å². The number of ether oxygens (including phenoxy) is 2. The molecule has 20 rings (SSSR count). The van der Waals surface area contributed by atoms with Crippen molar-refractivity contribution in [3.8, 4) is 33.3 Å². The van der Waals surface area contributed by atoms with Crippen LogP contribution in [0.3, 0.4) is 0 Å². The van der Waals surface area contributed by atoms with Crippen LogP contribution in [0, 0.1) is 46.5 Å². The lowest BCUT2D eigenvalue weighted by Crippen LogP contribution is -2.24. The molecule has 1 aliphatic rings. The number of hydrogen-bond donors (Lipinski definition) is 5. The molecule has 26 nitrogen and oxygen atoms in total. The molecule has 754 valence electrons. The molecule has 1 fully saturated rings. The van der Waals surface area contributed by atoms with E-state index in [-0.39, 0.29) is 79.4 Å². The van der Waals surface area contributed by atoms with Crippen molar-refractivity contribution in [2.75, 3.05) is 5.32 Å². The summed E-state index contributed by atoms with van der Waals surface area (Å²) in [5, 5.41) is 19.6. The average molecular weight is 2040 g/mol. The molecule has 36 heteroatoms. The van der Waals surface area contributed by atoms with Gasteiger partial charge in [-0.3, -0.25) is 49.1 Å². The van der Waals surface area contributed by atoms with Crippen LogP contribution in [-0.4, -0.2) is 103 Å². The Labute approximate surface area is 854 Å². The second-order valence-corrected chi connectivity index (χ2v) is 38.1. The van der Waals surface area contributed by atoms with Crippen molar-refractivity contribution in [1.82, 2.24) is 94.4 Å². The van der Waals surface area contributed by atoms with Crippen LogP contribution >= 0.6 is 22.7 Å². The average Bonchev–Trinajstić information content (AvgIpc) is 1.61. The first-order valence-electron chi connectivity index (χ1n) is 48.0. The molecule has 0 spiro atoms. The van der Waals surface area contributed by atoms with Crippen LogP contribution in [0.15, 0.2) is 267 Å². The van der Waals surface area contributed by atoms with Gasteiger partial charge < -0.3 is 54.3 Å². The van der Waals surface area contributed by atoms with Crippen LogP contribution in [-0.2, 0) is 52.4 Å². The highest BCUT2D eigenvalue weighted by atomic mass is 32.1. The third kappa shape index (κ3) is 24.3. The van der Waals surface area contributed by atoms with E-state index in [9.17, 15) is 54.3 Å². The summed E-state index contributed by atoms with van der Waals surface area (Å²) in [7, 11) is 0. The highest BCUT2D eigenvalue weighted by Crippen LogP contribution is 2.40. The summed E-state index contributed by atoms with van der Waals surface area (Å²) in [6, 6.07) is 53.4. The van der Waals surface area contributed by atoms with E-state index in [0.29, 0.717) is 126 Å². The molecule has 0 aliphatic heterocycles. The smallest absolute Gasteiger partial charge is 0.280 e. The summed E-state index contributed by atoms with van der Waals surface area (Å²) >= 11 is 2.69. The number of benzene rings is 5. The largest absolute Gasteiger partial charge is 0.429 e. The van der Waals surface area contributed by atoms with Crippen LogP contribution in [0.1, 0.15) is 214 Å². The second kappa shape index (κ2) is 47.0. The zero-order valence-corrected chi connectivity index (χ0v) is 83.4. The van der Waals surface area contributed by atoms with E-state index in [1.165, 1.54) is 66.0 Å². The minimum absolute atomic E-state index is 0.0137. The summed E-state index contributed by atoms with van der Waals surface area (Å²) in [4.78, 5) is 104. The van der Waals surface area contributed by atoms with Gasteiger partial charge in [-0.1, -0.05) is 170 Å². The SMILES string of the molecule is CC(C)c1c(C(=O)NCc2ccc(F)c(F)c2)c2ncc(-c3ccccn3)cc2n1Cc1ccccn1.CC(C)c1c(C(=O)NCc2ccc(F)c(F)c2)c2ncc(NC3CCCC3)cc2n1Cc1ccccn1.CC(C)c1c(C(=O)NCc2ccc(F)c(F)c2)c2ncc(Oc3nccs3)cc2n1Cc1ccccn1.CC(C)c1c(C(=O)NCc2ccc(F)c(F)c2)c2ncc(Oc3nccs3)nc2n1Cc1ccccc1. The second-order valence-electron chi connectivity index (χ2n) is 36.4. The van der Waals surface area contributed by atoms with Crippen molar-refractivity contribution < 1.29 is 63.8 Å². The number of pyridine rings is 7. The highest BCUT2D eigenvalue weighted by Gasteiger charge is 2.33. The van der Waals surface area contributed by atoms with Gasteiger partial charge in [-0.2, -0.15) is 4.98 Å². The number of aromatic nitrogens is 15. The number of anilines is 1. The Balaban J connectivity index is 0.000000135. The van der Waals surface area contributed by atoms with Crippen molar-refractivity contribution >= 4 is 96.3 Å². The Bertz CT molecular complexity index is 7700. The zero-order chi connectivity index (χ0) is 104. The van der Waals surface area contributed by atoms with E-state index in [0.717, 1.165) is 135 Å². The van der Waals surface area contributed by atoms with Gasteiger partial charge in [-0.25, -0.2) is 55.1 Å². The maximum atomic E-state index is 13.7. The Hall–Kier alpha value is -16.6. The van der Waals surface area contributed by atoms with Crippen molar-refractivity contribution in [3.05, 3.63) is 403 Å². The van der Waals surface area contributed by atoms with Crippen LogP contribution in [0.25, 0.3) is 55.5 Å². The van der Waals surface area contributed by atoms with E-state index in [2.05, 4.69) is 81.7 Å². The molecule has 14 heterocycles. The number of hydrogen-bond acceptors (Lipinski definition) is 20. The number of halogens is 8. The van der Waals surface area contributed by atoms with Crippen molar-refractivity contribution in [2.45, 2.75) is 163 Å². The van der Waals surface area contributed by atoms with E-state index in [4.69, 9.17) is 24.4 Å². The number of amides is 4. The van der Waals surface area contributed by atoms with Crippen LogP contribution in [0.2, 0.25) is 0 Å². The van der Waals surface area contributed by atoms with Crippen LogP contribution in [0.5, 0.6) is 22.0 Å². The fourth-order valence-electron chi connectivity index (χ4n) is 18.0. The van der Waals surface area contributed by atoms with Gasteiger partial charge >= 0.3 is 0 Å². The normalized spacial score (nSPS) is 11.9. The highest BCUT2D eigenvalue weighted by molar-refractivity contribution is 7.11. The standard InChI is InChI=1S/C29H25F2N5O.C29H31F2N5O.2C27H23F2N5O2S/c1-18(2)28-26(29(37)35-15-19-9-10-22(30)23(31)13-19)27-25(36(28)17-21-7-3-5-11-32-21)14-20(16-34-27)24-8-4-6-12-33-24;1-18(2)28-26(29(37)34-15-19-10-11-23(30)24(31)13-19)27-25(36(28)17-21-9-5-6-12-32-21)14-22(16-33-27)35-20-7-3-4-8-20;1-16(2)25-23(26(35)33-13-17-6-7-20(28)21(29)11-17)24-22(34(25)15-18-5-3-4-8-30-18)12-19(14-32-24)36-27-31-9-10-37-27;1-16(2)24-22(26(35)32-13-18-8-9-19(28)20(29)12-18)23-25(34(24)15-17-6-4-3-5-7-17)33-21(14-31-23)36-27-30-10-11-37-27/h3-14,16,18H,15,17H2,1-2H3,(H,35,37);5-6,9-14,16,18,20,35H,3-4,7-8,15,17H2,1-2H3,(H,34,37);3-12,14,16H,13,15H2,1-2H3,(H,33,35);3-12,14,16H,13,15H2,1-2H3,(H,32,35). The third-order valence-electron chi connectivity index (χ3n) is 24.6. The van der Waals surface area contributed by atoms with E-state index in [1.807, 2.05) is 185 Å². The number of carbonyl (C=O) groups is 4. The molecule has 0 radical (unpaired) electrons. The van der Waals surface area contributed by atoms with E-state index in [1.54, 1.807) is 61.2 Å². The van der Waals surface area contributed by atoms with Gasteiger partial charge in [0.1, 0.15) is 22.1 Å². The first kappa shape index (κ1) is 103. The molecule has 0 bridgehead atoms. The minimum Gasteiger partial charge on any atom is -0.429 e. The number of thiazole rings is 2. The summed E-state index contributed by atoms with van der Waals surface area (Å²) in [5.74, 6) is -8.24. The van der Waals surface area contributed by atoms with Gasteiger partial charge in [-0.05, 0) is 174 Å². The molecule has 1 saturated carbocycles. The number of rotatable bonds is 31. The van der Waals surface area contributed by atoms with Gasteiger partial charge in [0.15, 0.2) is 57.9 Å². The van der Waals surface area contributed by atoms with E-state index < -0.39 is 46.5 Å². The topological polar surface area (TPSA) is 308 Å². The first-order valence-corrected chi connectivity index (χ1v) is 49.8. The molecule has 0 unspecified atom stereocenters. The maximum Gasteiger partial charge on any atom is 0.280 e. The predicted octanol–water partition coefficient (Wildman–Crippen LogP) is 24.2. The molecule has 148 heavy (non-hydrogen) atoms. The molecule has 4 amide bonds. The summed E-state index contributed by atoms with van der Waals surface area (Å²) in [5.41, 5.74) is 17.9. The number of fused-ring (bicyclic) bond motifs is 4. The van der Waals surface area contributed by atoms with Gasteiger partial charge in [0.2, 0.25) is 5.88 Å². The number of nitrogens with zero attached hydrogens (tertiary/aromatic N) is 15. The van der Waals surface area contributed by atoms with Crippen LogP contribution < -0.4 is 36.1 Å². The molecule has 1 aliphatic carbocycles. The lowest BCUT2D eigenvalue weighted by atomic mass is 10.0. The summed E-state index contributed by atoms with van der Waals surface area (Å²) < 4.78 is 128. The van der Waals surface area contributed by atoms with Crippen LogP contribution in [0.4, 0.5) is 40.8 Å². The minimum atomic E-state index is -0.965. The summed E-state index contributed by atoms with van der Waals surface area (Å²) in [6.07, 6.45) is 21.5.